The monoisotopic (exact) mass is 282 g/mol. The number of amides is 1. The topological polar surface area (TPSA) is 75.1 Å². The summed E-state index contributed by atoms with van der Waals surface area (Å²) in [7, 11) is 0. The maximum atomic E-state index is 12.3. The standard InChI is InChI=1S/C16H14N2O3/c1-9-4-3-5-12(10(9)2)17-15(19)11-6-7-13-14(8-11)21-16(20)18-13/h3-8H,1-2H3,(H,17,19)(H,18,20). The molecular formula is C16H14N2O3. The van der Waals surface area contributed by atoms with Gasteiger partial charge in [-0.3, -0.25) is 9.78 Å². The number of anilines is 1. The molecule has 106 valence electrons. The SMILES string of the molecule is Cc1cccc(NC(=O)c2ccc3[nH]c(=O)oc3c2)c1C. The van der Waals surface area contributed by atoms with E-state index in [-0.39, 0.29) is 5.91 Å². The van der Waals surface area contributed by atoms with Gasteiger partial charge in [-0.25, -0.2) is 4.79 Å². The number of rotatable bonds is 2. The summed E-state index contributed by atoms with van der Waals surface area (Å²) in [5.41, 5.74) is 4.29. The number of aryl methyl sites for hydroxylation is 1. The third-order valence-corrected chi connectivity index (χ3v) is 3.54. The first-order valence-corrected chi connectivity index (χ1v) is 6.55. The number of H-pyrrole nitrogens is 1. The third-order valence-electron chi connectivity index (χ3n) is 3.54. The van der Waals surface area contributed by atoms with Gasteiger partial charge in [0, 0.05) is 11.3 Å². The Balaban J connectivity index is 1.93. The number of hydrogen-bond donors (Lipinski definition) is 2. The van der Waals surface area contributed by atoms with Gasteiger partial charge in [-0.2, -0.15) is 0 Å². The summed E-state index contributed by atoms with van der Waals surface area (Å²) < 4.78 is 4.96. The molecule has 5 nitrogen and oxygen atoms in total. The Morgan fingerprint density at radius 1 is 1.19 bits per heavy atom. The number of carbonyl (C=O) groups excluding carboxylic acids is 1. The third kappa shape index (κ3) is 2.45. The molecule has 0 fully saturated rings. The van der Waals surface area contributed by atoms with Crippen molar-refractivity contribution in [1.29, 1.82) is 0 Å². The highest BCUT2D eigenvalue weighted by Crippen LogP contribution is 2.19. The van der Waals surface area contributed by atoms with Crippen molar-refractivity contribution in [2.45, 2.75) is 13.8 Å². The second-order valence-corrected chi connectivity index (χ2v) is 4.93. The highest BCUT2D eigenvalue weighted by molar-refractivity contribution is 6.06. The molecule has 0 atom stereocenters. The quantitative estimate of drug-likeness (QED) is 0.758. The molecule has 3 rings (SSSR count). The van der Waals surface area contributed by atoms with Crippen LogP contribution in [-0.2, 0) is 0 Å². The molecule has 5 heteroatoms. The summed E-state index contributed by atoms with van der Waals surface area (Å²) in [6.45, 7) is 3.95. The lowest BCUT2D eigenvalue weighted by Gasteiger charge is -2.10. The summed E-state index contributed by atoms with van der Waals surface area (Å²) in [4.78, 5) is 25.9. The number of nitrogens with one attached hydrogen (secondary N) is 2. The molecule has 0 spiro atoms. The van der Waals surface area contributed by atoms with Crippen molar-refractivity contribution in [1.82, 2.24) is 4.98 Å². The van der Waals surface area contributed by atoms with E-state index in [1.165, 1.54) is 0 Å². The van der Waals surface area contributed by atoms with Crippen LogP contribution in [0.5, 0.6) is 0 Å². The lowest BCUT2D eigenvalue weighted by atomic mass is 10.1. The van der Waals surface area contributed by atoms with Crippen LogP contribution in [-0.4, -0.2) is 10.9 Å². The second kappa shape index (κ2) is 4.94. The van der Waals surface area contributed by atoms with Crippen LogP contribution in [0.4, 0.5) is 5.69 Å². The first-order chi connectivity index (χ1) is 10.0. The van der Waals surface area contributed by atoms with Gasteiger partial charge < -0.3 is 9.73 Å². The van der Waals surface area contributed by atoms with Crippen molar-refractivity contribution < 1.29 is 9.21 Å². The van der Waals surface area contributed by atoms with Crippen LogP contribution in [0.2, 0.25) is 0 Å². The number of fused-ring (bicyclic) bond motifs is 1. The minimum Gasteiger partial charge on any atom is -0.408 e. The van der Waals surface area contributed by atoms with Crippen LogP contribution in [0, 0.1) is 13.8 Å². The van der Waals surface area contributed by atoms with E-state index in [0.717, 1.165) is 16.8 Å². The molecule has 0 aliphatic heterocycles. The van der Waals surface area contributed by atoms with Crippen molar-refractivity contribution in [2.75, 3.05) is 5.32 Å². The fourth-order valence-electron chi connectivity index (χ4n) is 2.17. The molecule has 0 saturated heterocycles. The van der Waals surface area contributed by atoms with Gasteiger partial charge in [-0.15, -0.1) is 0 Å². The molecule has 2 N–H and O–H groups in total. The van der Waals surface area contributed by atoms with E-state index in [1.807, 2.05) is 32.0 Å². The molecule has 1 amide bonds. The van der Waals surface area contributed by atoms with Gasteiger partial charge in [0.2, 0.25) is 0 Å². The lowest BCUT2D eigenvalue weighted by Crippen LogP contribution is -2.12. The average Bonchev–Trinajstić information content (AvgIpc) is 2.82. The van der Waals surface area contributed by atoms with Gasteiger partial charge in [-0.05, 0) is 49.2 Å². The molecule has 21 heavy (non-hydrogen) atoms. The van der Waals surface area contributed by atoms with Crippen LogP contribution < -0.4 is 11.1 Å². The molecule has 0 radical (unpaired) electrons. The summed E-state index contributed by atoms with van der Waals surface area (Å²) in [6, 6.07) is 10.6. The maximum Gasteiger partial charge on any atom is 0.417 e. The van der Waals surface area contributed by atoms with Crippen molar-refractivity contribution >= 4 is 22.7 Å². The molecule has 0 unspecified atom stereocenters. The molecule has 0 saturated carbocycles. The molecule has 2 aromatic carbocycles. The smallest absolute Gasteiger partial charge is 0.408 e. The largest absolute Gasteiger partial charge is 0.417 e. The van der Waals surface area contributed by atoms with E-state index in [9.17, 15) is 9.59 Å². The Labute approximate surface area is 120 Å². The van der Waals surface area contributed by atoms with E-state index >= 15 is 0 Å². The fraction of sp³-hybridized carbons (Fsp3) is 0.125. The number of aromatic amines is 1. The minimum absolute atomic E-state index is 0.241. The first-order valence-electron chi connectivity index (χ1n) is 6.55. The van der Waals surface area contributed by atoms with Crippen molar-refractivity contribution in [3.05, 3.63) is 63.6 Å². The summed E-state index contributed by atoms with van der Waals surface area (Å²) >= 11 is 0. The van der Waals surface area contributed by atoms with E-state index < -0.39 is 5.76 Å². The predicted octanol–water partition coefficient (Wildman–Crippen LogP) is 2.99. The maximum absolute atomic E-state index is 12.3. The van der Waals surface area contributed by atoms with Gasteiger partial charge in [0.1, 0.15) is 0 Å². The Bertz CT molecular complexity index is 890. The highest BCUT2D eigenvalue weighted by atomic mass is 16.4. The molecule has 1 aromatic heterocycles. The molecular weight excluding hydrogens is 268 g/mol. The molecule has 0 aliphatic carbocycles. The Hall–Kier alpha value is -2.82. The van der Waals surface area contributed by atoms with Crippen LogP contribution in [0.25, 0.3) is 11.1 Å². The summed E-state index contributed by atoms with van der Waals surface area (Å²) in [6.07, 6.45) is 0. The van der Waals surface area contributed by atoms with E-state index in [2.05, 4.69) is 10.3 Å². The van der Waals surface area contributed by atoms with Crippen molar-refractivity contribution in [3.8, 4) is 0 Å². The Morgan fingerprint density at radius 3 is 2.81 bits per heavy atom. The number of benzene rings is 2. The van der Waals surface area contributed by atoms with E-state index in [1.54, 1.807) is 18.2 Å². The zero-order chi connectivity index (χ0) is 15.0. The normalized spacial score (nSPS) is 10.8. The van der Waals surface area contributed by atoms with Gasteiger partial charge in [0.15, 0.2) is 5.58 Å². The predicted molar refractivity (Wildman–Crippen MR) is 80.7 cm³/mol. The second-order valence-electron chi connectivity index (χ2n) is 4.93. The van der Waals surface area contributed by atoms with Crippen molar-refractivity contribution in [2.24, 2.45) is 0 Å². The highest BCUT2D eigenvalue weighted by Gasteiger charge is 2.11. The van der Waals surface area contributed by atoms with Crippen molar-refractivity contribution in [3.63, 3.8) is 0 Å². The Kier molecular flexibility index (Phi) is 3.10. The van der Waals surface area contributed by atoms with Gasteiger partial charge >= 0.3 is 5.76 Å². The average molecular weight is 282 g/mol. The number of aromatic nitrogens is 1. The fourth-order valence-corrected chi connectivity index (χ4v) is 2.17. The van der Waals surface area contributed by atoms with Crippen LogP contribution in [0.3, 0.4) is 0 Å². The zero-order valence-corrected chi connectivity index (χ0v) is 11.7. The number of oxazole rings is 1. The van der Waals surface area contributed by atoms with Crippen LogP contribution in [0.1, 0.15) is 21.5 Å². The van der Waals surface area contributed by atoms with Gasteiger partial charge in [-0.1, -0.05) is 12.1 Å². The minimum atomic E-state index is -0.530. The first kappa shape index (κ1) is 13.2. The Morgan fingerprint density at radius 2 is 2.00 bits per heavy atom. The van der Waals surface area contributed by atoms with Crippen LogP contribution >= 0.6 is 0 Å². The van der Waals surface area contributed by atoms with E-state index in [4.69, 9.17) is 4.42 Å². The lowest BCUT2D eigenvalue weighted by molar-refractivity contribution is 0.102. The molecule has 0 bridgehead atoms. The number of hydrogen-bond acceptors (Lipinski definition) is 3. The molecule has 0 aliphatic rings. The van der Waals surface area contributed by atoms with Gasteiger partial charge in [0.05, 0.1) is 5.52 Å². The molecule has 1 heterocycles. The number of carbonyl (C=O) groups is 1. The van der Waals surface area contributed by atoms with Crippen LogP contribution in [0.15, 0.2) is 45.6 Å². The summed E-state index contributed by atoms with van der Waals surface area (Å²) in [5.74, 6) is -0.772. The zero-order valence-electron chi connectivity index (χ0n) is 11.7. The molecule has 3 aromatic rings. The summed E-state index contributed by atoms with van der Waals surface area (Å²) in [5, 5.41) is 2.87. The van der Waals surface area contributed by atoms with E-state index in [0.29, 0.717) is 16.7 Å². The van der Waals surface area contributed by atoms with Gasteiger partial charge in [0.25, 0.3) is 5.91 Å².